The number of benzene rings is 2. The third-order valence-corrected chi connectivity index (χ3v) is 3.21. The molecule has 0 bridgehead atoms. The molecule has 2 rings (SSSR count). The maximum absolute atomic E-state index is 10.8. The van der Waals surface area contributed by atoms with Gasteiger partial charge in [0.2, 0.25) is 0 Å². The van der Waals surface area contributed by atoms with Crippen LogP contribution in [0.3, 0.4) is 0 Å². The lowest BCUT2D eigenvalue weighted by Gasteiger charge is -2.09. The van der Waals surface area contributed by atoms with Crippen LogP contribution in [0.2, 0.25) is 5.02 Å². The zero-order chi connectivity index (χ0) is 15.2. The molecule has 1 N–H and O–H groups in total. The minimum absolute atomic E-state index is 0.254. The maximum atomic E-state index is 10.8. The summed E-state index contributed by atoms with van der Waals surface area (Å²) in [7, 11) is 0. The molecule has 0 aliphatic rings. The molecule has 0 fully saturated rings. The molecule has 0 saturated carbocycles. The van der Waals surface area contributed by atoms with Gasteiger partial charge in [-0.3, -0.25) is 0 Å². The fourth-order valence-corrected chi connectivity index (χ4v) is 2.01. The molecule has 0 saturated heterocycles. The molecule has 21 heavy (non-hydrogen) atoms. The molecule has 0 atom stereocenters. The van der Waals surface area contributed by atoms with Crippen molar-refractivity contribution in [2.24, 2.45) is 0 Å². The van der Waals surface area contributed by atoms with E-state index in [-0.39, 0.29) is 5.57 Å². The Morgan fingerprint density at radius 3 is 2.57 bits per heavy atom. The van der Waals surface area contributed by atoms with Gasteiger partial charge in [0.05, 0.1) is 5.02 Å². The average Bonchev–Trinajstić information content (AvgIpc) is 2.47. The van der Waals surface area contributed by atoms with Crippen molar-refractivity contribution < 1.29 is 14.6 Å². The predicted octanol–water partition coefficient (Wildman–Crippen LogP) is 4.41. The number of ether oxygens (including phenoxy) is 1. The van der Waals surface area contributed by atoms with Crippen molar-refractivity contribution in [3.63, 3.8) is 0 Å². The van der Waals surface area contributed by atoms with Crippen molar-refractivity contribution in [2.75, 3.05) is 0 Å². The van der Waals surface area contributed by atoms with E-state index in [2.05, 4.69) is 0 Å². The van der Waals surface area contributed by atoms with Gasteiger partial charge >= 0.3 is 5.97 Å². The van der Waals surface area contributed by atoms with Crippen LogP contribution in [0.15, 0.2) is 54.1 Å². The number of carbonyl (C=O) groups is 1. The summed E-state index contributed by atoms with van der Waals surface area (Å²) in [5, 5.41) is 9.31. The van der Waals surface area contributed by atoms with E-state index in [1.54, 1.807) is 24.3 Å². The van der Waals surface area contributed by atoms with Crippen molar-refractivity contribution in [3.05, 3.63) is 70.3 Å². The highest BCUT2D eigenvalue weighted by molar-refractivity contribution is 6.32. The molecule has 0 amide bonds. The molecule has 0 aromatic heterocycles. The van der Waals surface area contributed by atoms with Gasteiger partial charge < -0.3 is 9.84 Å². The highest BCUT2D eigenvalue weighted by Crippen LogP contribution is 2.27. The van der Waals surface area contributed by atoms with Crippen LogP contribution >= 0.6 is 11.6 Å². The van der Waals surface area contributed by atoms with E-state index in [4.69, 9.17) is 21.4 Å². The smallest absolute Gasteiger partial charge is 0.331 e. The summed E-state index contributed by atoms with van der Waals surface area (Å²) in [6.45, 7) is 1.97. The summed E-state index contributed by atoms with van der Waals surface area (Å²) < 4.78 is 5.66. The van der Waals surface area contributed by atoms with Crippen molar-refractivity contribution in [1.82, 2.24) is 0 Å². The monoisotopic (exact) mass is 302 g/mol. The number of aliphatic carboxylic acids is 1. The van der Waals surface area contributed by atoms with E-state index in [9.17, 15) is 4.79 Å². The van der Waals surface area contributed by atoms with Gasteiger partial charge in [-0.05, 0) is 36.3 Å². The van der Waals surface area contributed by atoms with Gasteiger partial charge in [-0.15, -0.1) is 0 Å². The Morgan fingerprint density at radius 2 is 1.95 bits per heavy atom. The lowest BCUT2D eigenvalue weighted by molar-refractivity contribution is -0.132. The molecule has 0 aliphatic carbocycles. The molecule has 108 valence electrons. The number of rotatable bonds is 5. The van der Waals surface area contributed by atoms with Gasteiger partial charge in [0.25, 0.3) is 0 Å². The zero-order valence-electron chi connectivity index (χ0n) is 11.5. The normalized spacial score (nSPS) is 11.2. The fourth-order valence-electron chi connectivity index (χ4n) is 1.77. The van der Waals surface area contributed by atoms with E-state index in [0.717, 1.165) is 11.1 Å². The minimum atomic E-state index is -0.949. The molecule has 0 radical (unpaired) electrons. The molecule has 0 spiro atoms. The fraction of sp³-hybridized carbons (Fsp3) is 0.118. The molecule has 0 unspecified atom stereocenters. The van der Waals surface area contributed by atoms with Crippen LogP contribution in [0.1, 0.15) is 18.1 Å². The second kappa shape index (κ2) is 6.95. The average molecular weight is 303 g/mol. The molecule has 2 aromatic carbocycles. The number of carboxylic acid groups (broad SMARTS) is 1. The number of carboxylic acids is 1. The van der Waals surface area contributed by atoms with Gasteiger partial charge in [-0.2, -0.15) is 0 Å². The molecule has 2 aromatic rings. The Hall–Kier alpha value is -2.26. The molecule has 0 heterocycles. The largest absolute Gasteiger partial charge is 0.487 e. The molecular weight excluding hydrogens is 288 g/mol. The van der Waals surface area contributed by atoms with E-state index < -0.39 is 5.97 Å². The summed E-state index contributed by atoms with van der Waals surface area (Å²) in [4.78, 5) is 10.8. The van der Waals surface area contributed by atoms with Crippen molar-refractivity contribution in [1.29, 1.82) is 0 Å². The third-order valence-electron chi connectivity index (χ3n) is 2.91. The van der Waals surface area contributed by atoms with Gasteiger partial charge in [-0.25, -0.2) is 4.79 Å². The van der Waals surface area contributed by atoms with Crippen LogP contribution in [-0.2, 0) is 11.4 Å². The highest BCUT2D eigenvalue weighted by atomic mass is 35.5. The van der Waals surface area contributed by atoms with Crippen LogP contribution in [0.25, 0.3) is 6.08 Å². The van der Waals surface area contributed by atoms with Gasteiger partial charge in [-0.1, -0.05) is 48.0 Å². The first-order chi connectivity index (χ1) is 10.1. The van der Waals surface area contributed by atoms with Crippen LogP contribution in [0.5, 0.6) is 5.75 Å². The first-order valence-electron chi connectivity index (χ1n) is 6.44. The first-order valence-corrected chi connectivity index (χ1v) is 6.82. The van der Waals surface area contributed by atoms with Gasteiger partial charge in [0, 0.05) is 5.57 Å². The van der Waals surface area contributed by atoms with E-state index in [1.165, 1.54) is 6.92 Å². The number of hydrogen-bond acceptors (Lipinski definition) is 2. The van der Waals surface area contributed by atoms with Crippen molar-refractivity contribution >= 4 is 23.6 Å². The van der Waals surface area contributed by atoms with E-state index in [1.807, 2.05) is 30.3 Å². The van der Waals surface area contributed by atoms with Crippen LogP contribution in [-0.4, -0.2) is 11.1 Å². The van der Waals surface area contributed by atoms with Crippen LogP contribution in [0.4, 0.5) is 0 Å². The predicted molar refractivity (Wildman–Crippen MR) is 83.5 cm³/mol. The summed E-state index contributed by atoms with van der Waals surface area (Å²) in [6, 6.07) is 15.0. The van der Waals surface area contributed by atoms with Gasteiger partial charge in [0.1, 0.15) is 12.4 Å². The quantitative estimate of drug-likeness (QED) is 0.832. The first kappa shape index (κ1) is 15.1. The Labute approximate surface area is 128 Å². The Kier molecular flexibility index (Phi) is 5.01. The molecular formula is C17H15ClO3. The maximum Gasteiger partial charge on any atom is 0.331 e. The SMILES string of the molecule is C/C(=C\c1ccc(OCc2ccccc2)c(Cl)c1)C(=O)O. The molecule has 4 heteroatoms. The van der Waals surface area contributed by atoms with E-state index >= 15 is 0 Å². The second-order valence-electron chi connectivity index (χ2n) is 4.60. The summed E-state index contributed by atoms with van der Waals surface area (Å²) in [5.74, 6) is -0.374. The highest BCUT2D eigenvalue weighted by Gasteiger charge is 2.05. The summed E-state index contributed by atoms with van der Waals surface area (Å²) in [5.41, 5.74) is 2.04. The molecule has 3 nitrogen and oxygen atoms in total. The Balaban J connectivity index is 2.09. The van der Waals surface area contributed by atoms with E-state index in [0.29, 0.717) is 17.4 Å². The van der Waals surface area contributed by atoms with Crippen LogP contribution in [0, 0.1) is 0 Å². The minimum Gasteiger partial charge on any atom is -0.487 e. The number of hydrogen-bond donors (Lipinski definition) is 1. The third kappa shape index (κ3) is 4.36. The van der Waals surface area contributed by atoms with Crippen molar-refractivity contribution in [2.45, 2.75) is 13.5 Å². The number of halogens is 1. The zero-order valence-corrected chi connectivity index (χ0v) is 12.3. The topological polar surface area (TPSA) is 46.5 Å². The molecule has 0 aliphatic heterocycles. The lowest BCUT2D eigenvalue weighted by atomic mass is 10.1. The standard InChI is InChI=1S/C17H15ClO3/c1-12(17(19)20)9-14-7-8-16(15(18)10-14)21-11-13-5-3-2-4-6-13/h2-10H,11H2,1H3,(H,19,20)/b12-9+. The Bertz CT molecular complexity index is 663. The summed E-state index contributed by atoms with van der Waals surface area (Å²) in [6.07, 6.45) is 1.56. The van der Waals surface area contributed by atoms with Crippen LogP contribution < -0.4 is 4.74 Å². The lowest BCUT2D eigenvalue weighted by Crippen LogP contribution is -1.97. The second-order valence-corrected chi connectivity index (χ2v) is 5.00. The van der Waals surface area contributed by atoms with Crippen molar-refractivity contribution in [3.8, 4) is 5.75 Å². The summed E-state index contributed by atoms with van der Waals surface area (Å²) >= 11 is 6.16. The van der Waals surface area contributed by atoms with Gasteiger partial charge in [0.15, 0.2) is 0 Å². The Morgan fingerprint density at radius 1 is 1.24 bits per heavy atom.